The molecule has 0 aliphatic heterocycles. The quantitative estimate of drug-likeness (QED) is 0.899. The number of nitrogens with one attached hydrogen (secondary N) is 1. The summed E-state index contributed by atoms with van der Waals surface area (Å²) in [5.41, 5.74) is 0.899. The summed E-state index contributed by atoms with van der Waals surface area (Å²) in [6.07, 6.45) is 1.67. The van der Waals surface area contributed by atoms with E-state index in [2.05, 4.69) is 10.3 Å². The molecule has 1 heterocycles. The first-order chi connectivity index (χ1) is 9.19. The van der Waals surface area contributed by atoms with Crippen molar-refractivity contribution in [1.29, 1.82) is 0 Å². The van der Waals surface area contributed by atoms with Crippen molar-refractivity contribution in [2.24, 2.45) is 0 Å². The fraction of sp³-hybridized carbons (Fsp3) is 0.214. The van der Waals surface area contributed by atoms with Gasteiger partial charge in [0, 0.05) is 18.8 Å². The van der Waals surface area contributed by atoms with Crippen LogP contribution in [0.2, 0.25) is 0 Å². The third-order valence-corrected chi connectivity index (χ3v) is 2.48. The largest absolute Gasteiger partial charge is 0.489 e. The van der Waals surface area contributed by atoms with Crippen LogP contribution < -0.4 is 10.1 Å². The van der Waals surface area contributed by atoms with Crippen LogP contribution in [0.5, 0.6) is 5.75 Å². The number of rotatable bonds is 5. The zero-order valence-electron chi connectivity index (χ0n) is 10.5. The molecule has 0 radical (unpaired) electrons. The van der Waals surface area contributed by atoms with Crippen molar-refractivity contribution < 1.29 is 13.5 Å². The van der Waals surface area contributed by atoms with Crippen molar-refractivity contribution in [3.05, 3.63) is 53.7 Å². The highest BCUT2D eigenvalue weighted by atomic mass is 19.2. The van der Waals surface area contributed by atoms with Crippen LogP contribution in [0, 0.1) is 11.6 Å². The molecule has 1 aromatic heterocycles. The van der Waals surface area contributed by atoms with E-state index in [9.17, 15) is 8.78 Å². The van der Waals surface area contributed by atoms with Crippen LogP contribution in [0.4, 0.5) is 14.6 Å². The van der Waals surface area contributed by atoms with E-state index >= 15 is 0 Å². The Kier molecular flexibility index (Phi) is 4.28. The van der Waals surface area contributed by atoms with Gasteiger partial charge in [0.2, 0.25) is 0 Å². The second-order valence-corrected chi connectivity index (χ2v) is 3.94. The van der Waals surface area contributed by atoms with E-state index in [-0.39, 0.29) is 6.61 Å². The Balaban J connectivity index is 2.01. The van der Waals surface area contributed by atoms with Crippen molar-refractivity contribution in [1.82, 2.24) is 4.98 Å². The topological polar surface area (TPSA) is 34.1 Å². The van der Waals surface area contributed by atoms with Crippen LogP contribution in [-0.2, 0) is 6.61 Å². The van der Waals surface area contributed by atoms with Crippen LogP contribution in [-0.4, -0.2) is 11.5 Å². The number of ether oxygens (including phenoxy) is 1. The van der Waals surface area contributed by atoms with E-state index in [1.54, 1.807) is 12.3 Å². The molecule has 0 amide bonds. The van der Waals surface area contributed by atoms with Crippen molar-refractivity contribution >= 4 is 5.82 Å². The van der Waals surface area contributed by atoms with Gasteiger partial charge in [0.25, 0.3) is 0 Å². The Bertz CT molecular complexity index is 561. The SMILES string of the molecule is CCNc1cc(COc2ccc(F)c(F)c2)ccn1. The standard InChI is InChI=1S/C14H14F2N2O/c1-2-17-14-7-10(5-6-18-14)9-19-11-3-4-12(15)13(16)8-11/h3-8H,2,9H2,1H3,(H,17,18). The molecule has 0 bridgehead atoms. The number of benzene rings is 1. The van der Waals surface area contributed by atoms with Crippen LogP contribution in [0.15, 0.2) is 36.5 Å². The van der Waals surface area contributed by atoms with Gasteiger partial charge >= 0.3 is 0 Å². The average molecular weight is 264 g/mol. The predicted octanol–water partition coefficient (Wildman–Crippen LogP) is 3.37. The molecule has 5 heteroatoms. The zero-order chi connectivity index (χ0) is 13.7. The summed E-state index contributed by atoms with van der Waals surface area (Å²) in [4.78, 5) is 4.13. The molecule has 0 atom stereocenters. The van der Waals surface area contributed by atoms with E-state index in [4.69, 9.17) is 4.74 Å². The summed E-state index contributed by atoms with van der Waals surface area (Å²) in [6.45, 7) is 3.03. The first kappa shape index (κ1) is 13.3. The Morgan fingerprint density at radius 3 is 2.74 bits per heavy atom. The van der Waals surface area contributed by atoms with Gasteiger partial charge in [0.15, 0.2) is 11.6 Å². The molecule has 100 valence electrons. The van der Waals surface area contributed by atoms with Crippen molar-refractivity contribution in [2.75, 3.05) is 11.9 Å². The van der Waals surface area contributed by atoms with Gasteiger partial charge in [-0.3, -0.25) is 0 Å². The van der Waals surface area contributed by atoms with E-state index in [1.165, 1.54) is 6.07 Å². The second-order valence-electron chi connectivity index (χ2n) is 3.94. The van der Waals surface area contributed by atoms with Crippen molar-refractivity contribution in [3.63, 3.8) is 0 Å². The van der Waals surface area contributed by atoms with E-state index < -0.39 is 11.6 Å². The summed E-state index contributed by atoms with van der Waals surface area (Å²) in [6, 6.07) is 7.12. The number of hydrogen-bond acceptors (Lipinski definition) is 3. The monoisotopic (exact) mass is 264 g/mol. The zero-order valence-corrected chi connectivity index (χ0v) is 10.5. The molecule has 1 aromatic carbocycles. The fourth-order valence-corrected chi connectivity index (χ4v) is 1.58. The molecule has 0 unspecified atom stereocenters. The highest BCUT2D eigenvalue weighted by molar-refractivity contribution is 5.37. The Morgan fingerprint density at radius 2 is 2.00 bits per heavy atom. The molecule has 2 aromatic rings. The van der Waals surface area contributed by atoms with Gasteiger partial charge in [-0.2, -0.15) is 0 Å². The maximum absolute atomic E-state index is 13.0. The molecule has 0 saturated carbocycles. The maximum Gasteiger partial charge on any atom is 0.162 e. The van der Waals surface area contributed by atoms with Crippen LogP contribution >= 0.6 is 0 Å². The molecule has 1 N–H and O–H groups in total. The van der Waals surface area contributed by atoms with Gasteiger partial charge < -0.3 is 10.1 Å². The summed E-state index contributed by atoms with van der Waals surface area (Å²) >= 11 is 0. The number of nitrogens with zero attached hydrogens (tertiary/aromatic N) is 1. The van der Waals surface area contributed by atoms with Gasteiger partial charge in [-0.05, 0) is 36.8 Å². The Hall–Kier alpha value is -2.17. The van der Waals surface area contributed by atoms with Crippen LogP contribution in [0.25, 0.3) is 0 Å². The first-order valence-electron chi connectivity index (χ1n) is 5.95. The molecule has 0 fully saturated rings. The number of hydrogen-bond donors (Lipinski definition) is 1. The number of pyridine rings is 1. The van der Waals surface area contributed by atoms with Gasteiger partial charge in [-0.25, -0.2) is 13.8 Å². The smallest absolute Gasteiger partial charge is 0.162 e. The number of halogens is 2. The Morgan fingerprint density at radius 1 is 1.16 bits per heavy atom. The summed E-state index contributed by atoms with van der Waals surface area (Å²) < 4.78 is 31.1. The normalized spacial score (nSPS) is 10.3. The molecule has 0 aliphatic rings. The minimum atomic E-state index is -0.916. The van der Waals surface area contributed by atoms with Gasteiger partial charge in [-0.1, -0.05) is 0 Å². The third kappa shape index (κ3) is 3.64. The lowest BCUT2D eigenvalue weighted by molar-refractivity contribution is 0.303. The first-order valence-corrected chi connectivity index (χ1v) is 5.95. The highest BCUT2D eigenvalue weighted by Crippen LogP contribution is 2.17. The molecule has 3 nitrogen and oxygen atoms in total. The molecule has 2 rings (SSSR count). The summed E-state index contributed by atoms with van der Waals surface area (Å²) in [7, 11) is 0. The van der Waals surface area contributed by atoms with E-state index in [1.807, 2.05) is 13.0 Å². The lowest BCUT2D eigenvalue weighted by atomic mass is 10.2. The molecule has 0 aliphatic carbocycles. The molecular weight excluding hydrogens is 250 g/mol. The lowest BCUT2D eigenvalue weighted by Gasteiger charge is -2.08. The lowest BCUT2D eigenvalue weighted by Crippen LogP contribution is -2.01. The van der Waals surface area contributed by atoms with Crippen molar-refractivity contribution in [2.45, 2.75) is 13.5 Å². The van der Waals surface area contributed by atoms with Gasteiger partial charge in [-0.15, -0.1) is 0 Å². The van der Waals surface area contributed by atoms with Gasteiger partial charge in [0.05, 0.1) is 0 Å². The highest BCUT2D eigenvalue weighted by Gasteiger charge is 2.04. The van der Waals surface area contributed by atoms with Gasteiger partial charge in [0.1, 0.15) is 18.2 Å². The maximum atomic E-state index is 13.0. The molecule has 0 spiro atoms. The third-order valence-electron chi connectivity index (χ3n) is 2.48. The average Bonchev–Trinajstić information content (AvgIpc) is 2.41. The second kappa shape index (κ2) is 6.13. The molecular formula is C14H14F2N2O. The van der Waals surface area contributed by atoms with E-state index in [0.29, 0.717) is 5.75 Å². The minimum absolute atomic E-state index is 0.270. The fourth-order valence-electron chi connectivity index (χ4n) is 1.58. The minimum Gasteiger partial charge on any atom is -0.489 e. The number of aromatic nitrogens is 1. The summed E-state index contributed by atoms with van der Waals surface area (Å²) in [5, 5.41) is 3.09. The van der Waals surface area contributed by atoms with Crippen LogP contribution in [0.3, 0.4) is 0 Å². The Labute approximate surface area is 110 Å². The van der Waals surface area contributed by atoms with Crippen LogP contribution in [0.1, 0.15) is 12.5 Å². The molecule has 19 heavy (non-hydrogen) atoms. The van der Waals surface area contributed by atoms with E-state index in [0.717, 1.165) is 30.1 Å². The van der Waals surface area contributed by atoms with Crippen molar-refractivity contribution in [3.8, 4) is 5.75 Å². The summed E-state index contributed by atoms with van der Waals surface area (Å²) in [5.74, 6) is -0.749. The predicted molar refractivity (Wildman–Crippen MR) is 69.1 cm³/mol. The molecule has 0 saturated heterocycles. The number of anilines is 1.